The standard InChI is InChI=1S/C12H26N2O4S2/c1-12(2,3)20(17,18)10-7-13-11-5-8-14(9-6-11)19(4,15)16/h11,13H,5-10H2,1-4H3. The monoisotopic (exact) mass is 326 g/mol. The van der Waals surface area contributed by atoms with Crippen LogP contribution < -0.4 is 5.32 Å². The number of sulfone groups is 1. The molecular weight excluding hydrogens is 300 g/mol. The quantitative estimate of drug-likeness (QED) is 0.781. The second-order valence-corrected chi connectivity index (χ2v) is 11.2. The number of hydrogen-bond acceptors (Lipinski definition) is 5. The van der Waals surface area contributed by atoms with Gasteiger partial charge in [-0.3, -0.25) is 0 Å². The first kappa shape index (κ1) is 17.9. The van der Waals surface area contributed by atoms with E-state index in [1.165, 1.54) is 10.6 Å². The van der Waals surface area contributed by atoms with Crippen molar-refractivity contribution in [3.63, 3.8) is 0 Å². The van der Waals surface area contributed by atoms with Crippen molar-refractivity contribution in [2.45, 2.75) is 44.4 Å². The fourth-order valence-corrected chi connectivity index (χ4v) is 3.97. The molecule has 1 aliphatic rings. The van der Waals surface area contributed by atoms with Crippen LogP contribution in [0.15, 0.2) is 0 Å². The maximum Gasteiger partial charge on any atom is 0.211 e. The molecule has 0 spiro atoms. The van der Waals surface area contributed by atoms with Crippen LogP contribution in [0.1, 0.15) is 33.6 Å². The lowest BCUT2D eigenvalue weighted by atomic mass is 10.1. The van der Waals surface area contributed by atoms with E-state index in [2.05, 4.69) is 5.32 Å². The summed E-state index contributed by atoms with van der Waals surface area (Å²) in [5.74, 6) is 0.114. The van der Waals surface area contributed by atoms with E-state index in [4.69, 9.17) is 0 Å². The minimum atomic E-state index is -3.10. The molecule has 0 bridgehead atoms. The Morgan fingerprint density at radius 1 is 1.10 bits per heavy atom. The molecule has 1 rings (SSSR count). The van der Waals surface area contributed by atoms with E-state index in [0.717, 1.165) is 12.8 Å². The number of hydrogen-bond donors (Lipinski definition) is 1. The van der Waals surface area contributed by atoms with Crippen LogP contribution in [0.3, 0.4) is 0 Å². The van der Waals surface area contributed by atoms with Crippen LogP contribution in [0.2, 0.25) is 0 Å². The van der Waals surface area contributed by atoms with Gasteiger partial charge in [0.2, 0.25) is 10.0 Å². The van der Waals surface area contributed by atoms with Gasteiger partial charge in [0.05, 0.1) is 16.8 Å². The molecule has 0 aromatic rings. The Morgan fingerprint density at radius 2 is 1.60 bits per heavy atom. The summed E-state index contributed by atoms with van der Waals surface area (Å²) in [6.45, 7) is 6.53. The van der Waals surface area contributed by atoms with Gasteiger partial charge in [0.25, 0.3) is 0 Å². The molecule has 120 valence electrons. The molecule has 0 aliphatic carbocycles. The van der Waals surface area contributed by atoms with Crippen molar-refractivity contribution < 1.29 is 16.8 Å². The van der Waals surface area contributed by atoms with Crippen LogP contribution >= 0.6 is 0 Å². The first-order chi connectivity index (χ1) is 8.93. The zero-order valence-electron chi connectivity index (χ0n) is 12.7. The number of nitrogens with one attached hydrogen (secondary N) is 1. The molecule has 0 atom stereocenters. The van der Waals surface area contributed by atoms with Crippen molar-refractivity contribution in [3.05, 3.63) is 0 Å². The first-order valence-corrected chi connectivity index (χ1v) is 10.3. The van der Waals surface area contributed by atoms with Crippen molar-refractivity contribution in [1.29, 1.82) is 0 Å². The Morgan fingerprint density at radius 3 is 2.00 bits per heavy atom. The van der Waals surface area contributed by atoms with Crippen LogP contribution in [0.5, 0.6) is 0 Å². The molecule has 1 fully saturated rings. The second kappa shape index (κ2) is 6.29. The summed E-state index contributed by atoms with van der Waals surface area (Å²) >= 11 is 0. The summed E-state index contributed by atoms with van der Waals surface area (Å²) in [7, 11) is -6.20. The largest absolute Gasteiger partial charge is 0.313 e. The van der Waals surface area contributed by atoms with E-state index in [1.54, 1.807) is 20.8 Å². The summed E-state index contributed by atoms with van der Waals surface area (Å²) in [6.07, 6.45) is 2.67. The molecule has 8 heteroatoms. The lowest BCUT2D eigenvalue weighted by Crippen LogP contribution is -2.46. The van der Waals surface area contributed by atoms with E-state index >= 15 is 0 Å². The van der Waals surface area contributed by atoms with Gasteiger partial charge < -0.3 is 5.32 Å². The summed E-state index contributed by atoms with van der Waals surface area (Å²) < 4.78 is 47.4. The SMILES string of the molecule is CC(C)(C)S(=O)(=O)CCNC1CCN(S(C)(=O)=O)CC1. The summed E-state index contributed by atoms with van der Waals surface area (Å²) in [5.41, 5.74) is 0. The van der Waals surface area contributed by atoms with E-state index in [-0.39, 0.29) is 11.8 Å². The Bertz CT molecular complexity index is 512. The van der Waals surface area contributed by atoms with E-state index in [9.17, 15) is 16.8 Å². The highest BCUT2D eigenvalue weighted by atomic mass is 32.2. The molecule has 1 N–H and O–H groups in total. The van der Waals surface area contributed by atoms with Gasteiger partial charge >= 0.3 is 0 Å². The molecule has 0 saturated carbocycles. The molecule has 1 saturated heterocycles. The lowest BCUT2D eigenvalue weighted by molar-refractivity contribution is 0.294. The van der Waals surface area contributed by atoms with Crippen molar-refractivity contribution in [1.82, 2.24) is 9.62 Å². The molecule has 0 amide bonds. The van der Waals surface area contributed by atoms with Crippen LogP contribution in [0.25, 0.3) is 0 Å². The zero-order chi connectivity index (χ0) is 15.6. The van der Waals surface area contributed by atoms with Gasteiger partial charge in [0.1, 0.15) is 0 Å². The van der Waals surface area contributed by atoms with Gasteiger partial charge in [0.15, 0.2) is 9.84 Å². The maximum atomic E-state index is 11.9. The molecule has 1 heterocycles. The molecule has 1 aliphatic heterocycles. The van der Waals surface area contributed by atoms with E-state index in [1.807, 2.05) is 0 Å². The topological polar surface area (TPSA) is 83.6 Å². The Hall–Kier alpha value is -0.180. The smallest absolute Gasteiger partial charge is 0.211 e. The zero-order valence-corrected chi connectivity index (χ0v) is 14.3. The van der Waals surface area contributed by atoms with E-state index in [0.29, 0.717) is 19.6 Å². The predicted molar refractivity (Wildman–Crippen MR) is 81.0 cm³/mol. The van der Waals surface area contributed by atoms with Gasteiger partial charge in [-0.05, 0) is 33.6 Å². The highest BCUT2D eigenvalue weighted by Crippen LogP contribution is 2.16. The third kappa shape index (κ3) is 4.98. The molecular formula is C12H26N2O4S2. The minimum Gasteiger partial charge on any atom is -0.313 e. The minimum absolute atomic E-state index is 0.114. The Labute approximate surface area is 122 Å². The van der Waals surface area contributed by atoms with Gasteiger partial charge in [-0.15, -0.1) is 0 Å². The van der Waals surface area contributed by atoms with Gasteiger partial charge in [-0.2, -0.15) is 0 Å². The highest BCUT2D eigenvalue weighted by Gasteiger charge is 2.29. The van der Waals surface area contributed by atoms with Crippen molar-refractivity contribution >= 4 is 19.9 Å². The average molecular weight is 326 g/mol. The normalized spacial score (nSPS) is 20.2. The van der Waals surface area contributed by atoms with Crippen LogP contribution in [-0.4, -0.2) is 63.6 Å². The van der Waals surface area contributed by atoms with E-state index < -0.39 is 24.6 Å². The average Bonchev–Trinajstić information content (AvgIpc) is 2.26. The van der Waals surface area contributed by atoms with Gasteiger partial charge in [0, 0.05) is 25.7 Å². The Balaban J connectivity index is 2.36. The number of nitrogens with zero attached hydrogens (tertiary/aromatic N) is 1. The second-order valence-electron chi connectivity index (χ2n) is 6.32. The van der Waals surface area contributed by atoms with Crippen LogP contribution in [0, 0.1) is 0 Å². The number of rotatable bonds is 5. The Kier molecular flexibility index (Phi) is 5.62. The van der Waals surface area contributed by atoms with Crippen molar-refractivity contribution in [2.75, 3.05) is 31.6 Å². The molecule has 0 unspecified atom stereocenters. The summed E-state index contributed by atoms with van der Waals surface area (Å²) in [6, 6.07) is 0.197. The fraction of sp³-hybridized carbons (Fsp3) is 1.00. The third-order valence-corrected chi connectivity index (χ3v) is 7.57. The van der Waals surface area contributed by atoms with Crippen LogP contribution in [-0.2, 0) is 19.9 Å². The van der Waals surface area contributed by atoms with Crippen molar-refractivity contribution in [2.24, 2.45) is 0 Å². The molecule has 6 nitrogen and oxygen atoms in total. The number of piperidine rings is 1. The fourth-order valence-electron chi connectivity index (χ4n) is 2.10. The summed E-state index contributed by atoms with van der Waals surface area (Å²) in [5, 5.41) is 3.22. The third-order valence-electron chi connectivity index (χ3n) is 3.66. The molecule has 0 radical (unpaired) electrons. The maximum absolute atomic E-state index is 11.9. The first-order valence-electron chi connectivity index (χ1n) is 6.84. The highest BCUT2D eigenvalue weighted by molar-refractivity contribution is 7.92. The lowest BCUT2D eigenvalue weighted by Gasteiger charge is -2.31. The van der Waals surface area contributed by atoms with Gasteiger partial charge in [-0.1, -0.05) is 0 Å². The number of sulfonamides is 1. The molecule has 0 aromatic carbocycles. The van der Waals surface area contributed by atoms with Gasteiger partial charge in [-0.25, -0.2) is 21.1 Å². The predicted octanol–water partition coefficient (Wildman–Crippen LogP) is 0.213. The molecule has 20 heavy (non-hydrogen) atoms. The molecule has 0 aromatic heterocycles. The van der Waals surface area contributed by atoms with Crippen molar-refractivity contribution in [3.8, 4) is 0 Å². The summed E-state index contributed by atoms with van der Waals surface area (Å²) in [4.78, 5) is 0. The van der Waals surface area contributed by atoms with Crippen LogP contribution in [0.4, 0.5) is 0 Å².